The van der Waals surface area contributed by atoms with E-state index in [-0.39, 0.29) is 44.2 Å². The molecule has 0 aromatic heterocycles. The van der Waals surface area contributed by atoms with Gasteiger partial charge in [-0.25, -0.2) is 4.39 Å². The van der Waals surface area contributed by atoms with Crippen LogP contribution < -0.4 is 4.74 Å². The van der Waals surface area contributed by atoms with Crippen molar-refractivity contribution in [3.8, 4) is 5.75 Å². The first-order valence-corrected chi connectivity index (χ1v) is 17.4. The van der Waals surface area contributed by atoms with Gasteiger partial charge >= 0.3 is 0 Å². The minimum absolute atomic E-state index is 0.0348. The first kappa shape index (κ1) is 36.2. The molecule has 0 spiro atoms. The van der Waals surface area contributed by atoms with Crippen LogP contribution in [0.1, 0.15) is 33.4 Å². The maximum absolute atomic E-state index is 15.2. The highest BCUT2D eigenvalue weighted by molar-refractivity contribution is 6.31. The highest BCUT2D eigenvalue weighted by atomic mass is 35.5. The van der Waals surface area contributed by atoms with Crippen molar-refractivity contribution in [2.75, 3.05) is 20.3 Å². The molecule has 2 saturated heterocycles. The van der Waals surface area contributed by atoms with E-state index < -0.39 is 47.9 Å². The van der Waals surface area contributed by atoms with Crippen molar-refractivity contribution < 1.29 is 42.3 Å². The summed E-state index contributed by atoms with van der Waals surface area (Å²) in [6.45, 7) is 0.125. The summed E-state index contributed by atoms with van der Waals surface area (Å²) in [5, 5.41) is 11.4. The number of ether oxygens (including phenoxy) is 6. The van der Waals surface area contributed by atoms with Gasteiger partial charge in [0, 0.05) is 17.0 Å². The lowest BCUT2D eigenvalue weighted by molar-refractivity contribution is -0.353. The molecule has 10 heteroatoms. The fourth-order valence-electron chi connectivity index (χ4n) is 6.93. The van der Waals surface area contributed by atoms with Crippen LogP contribution in [-0.2, 0) is 55.7 Å². The van der Waals surface area contributed by atoms with E-state index in [0.717, 1.165) is 16.7 Å². The van der Waals surface area contributed by atoms with E-state index in [0.29, 0.717) is 16.1 Å². The molecule has 2 fully saturated rings. The molecule has 0 unspecified atom stereocenters. The lowest BCUT2D eigenvalue weighted by atomic mass is 9.83. The van der Waals surface area contributed by atoms with Crippen molar-refractivity contribution >= 4 is 11.6 Å². The van der Waals surface area contributed by atoms with E-state index in [2.05, 4.69) is 0 Å². The van der Waals surface area contributed by atoms with E-state index in [1.807, 2.05) is 91.0 Å². The minimum atomic E-state index is -1.62. The van der Waals surface area contributed by atoms with Gasteiger partial charge in [-0.15, -0.1) is 0 Å². The Morgan fingerprint density at radius 2 is 1.29 bits per heavy atom. The Hall–Kier alpha value is -4.19. The molecule has 0 radical (unpaired) electrons. The highest BCUT2D eigenvalue weighted by Gasteiger charge is 2.69. The molecule has 5 aromatic rings. The van der Waals surface area contributed by atoms with E-state index in [1.54, 1.807) is 18.2 Å². The van der Waals surface area contributed by atoms with E-state index in [9.17, 15) is 9.50 Å². The minimum Gasteiger partial charge on any atom is -0.494 e. The zero-order valence-corrected chi connectivity index (χ0v) is 29.3. The molecule has 2 aliphatic rings. The Labute approximate surface area is 306 Å². The van der Waals surface area contributed by atoms with E-state index >= 15 is 4.39 Å². The summed E-state index contributed by atoms with van der Waals surface area (Å²) < 4.78 is 68.6. The first-order chi connectivity index (χ1) is 25.4. The van der Waals surface area contributed by atoms with Gasteiger partial charge in [0.1, 0.15) is 23.9 Å². The SMILES string of the molecule is COc1ccc(Cc2cc([C@]34OC[C@@](CO)(O3)[C@H](OCc3ccccc3)[C@H](OCc3ccccc3)[C@H]4OCc3ccccc3)ccc2Cl)c(F)c1F. The Bertz CT molecular complexity index is 1950. The molecule has 2 aliphatic heterocycles. The number of aliphatic hydroxyl groups is 1. The summed E-state index contributed by atoms with van der Waals surface area (Å²) in [4.78, 5) is 0. The highest BCUT2D eigenvalue weighted by Crippen LogP contribution is 2.53. The van der Waals surface area contributed by atoms with Crippen LogP contribution in [0.3, 0.4) is 0 Å². The Morgan fingerprint density at radius 3 is 1.87 bits per heavy atom. The predicted molar refractivity (Wildman–Crippen MR) is 191 cm³/mol. The van der Waals surface area contributed by atoms with Gasteiger partial charge in [0.2, 0.25) is 11.6 Å². The number of hydrogen-bond donors (Lipinski definition) is 1. The van der Waals surface area contributed by atoms with Gasteiger partial charge in [-0.1, -0.05) is 115 Å². The maximum Gasteiger partial charge on any atom is 0.225 e. The van der Waals surface area contributed by atoms with Gasteiger partial charge in [-0.3, -0.25) is 0 Å². The van der Waals surface area contributed by atoms with Gasteiger partial charge in [0.05, 0.1) is 40.1 Å². The zero-order chi connectivity index (χ0) is 36.1. The molecule has 270 valence electrons. The van der Waals surface area contributed by atoms with E-state index in [1.165, 1.54) is 19.2 Å². The molecule has 2 bridgehead atoms. The first-order valence-electron chi connectivity index (χ1n) is 17.1. The van der Waals surface area contributed by atoms with Crippen LogP contribution in [0.5, 0.6) is 5.75 Å². The standard InChI is InChI=1S/C42H39ClF2O7/c1-47-35-20-17-31(36(44)37(35)45)21-32-22-33(18-19-34(32)43)42-40(50-25-30-15-9-4-10-16-30)38(48-23-28-11-5-2-6-12-28)39(41(26-46,52-42)27-51-42)49-24-29-13-7-3-8-14-29/h2-20,22,38-40,46H,21,23-27H2,1H3/t38-,39+,40+,41+,42-/m0/s1. The summed E-state index contributed by atoms with van der Waals surface area (Å²) >= 11 is 6.70. The summed E-state index contributed by atoms with van der Waals surface area (Å²) in [5.41, 5.74) is 2.51. The van der Waals surface area contributed by atoms with Crippen molar-refractivity contribution in [3.05, 3.63) is 171 Å². The fourth-order valence-corrected chi connectivity index (χ4v) is 7.12. The number of benzene rings is 5. The Kier molecular flexibility index (Phi) is 11.0. The van der Waals surface area contributed by atoms with Crippen LogP contribution in [0.15, 0.2) is 121 Å². The van der Waals surface area contributed by atoms with Gasteiger partial charge in [0.25, 0.3) is 0 Å². The summed E-state index contributed by atoms with van der Waals surface area (Å²) in [6, 6.07) is 37.1. The molecule has 0 saturated carbocycles. The molecular weight excluding hydrogens is 690 g/mol. The summed E-state index contributed by atoms with van der Waals surface area (Å²) in [5.74, 6) is -3.92. The van der Waals surface area contributed by atoms with Crippen LogP contribution in [0.25, 0.3) is 0 Å². The Morgan fingerprint density at radius 1 is 0.712 bits per heavy atom. The normalized spacial score (nSPS) is 23.8. The fraction of sp³-hybridized carbons (Fsp3) is 0.286. The molecule has 2 heterocycles. The van der Waals surface area contributed by atoms with Crippen LogP contribution >= 0.6 is 11.6 Å². The molecule has 7 nitrogen and oxygen atoms in total. The molecule has 52 heavy (non-hydrogen) atoms. The maximum atomic E-state index is 15.2. The van der Waals surface area contributed by atoms with Crippen molar-refractivity contribution in [2.24, 2.45) is 0 Å². The number of hydrogen-bond acceptors (Lipinski definition) is 7. The average molecular weight is 729 g/mol. The van der Waals surface area contributed by atoms with Crippen molar-refractivity contribution in [1.29, 1.82) is 0 Å². The van der Waals surface area contributed by atoms with Crippen molar-refractivity contribution in [2.45, 2.75) is 55.9 Å². The number of fused-ring (bicyclic) bond motifs is 2. The molecule has 7 rings (SSSR count). The molecule has 5 aromatic carbocycles. The molecule has 5 atom stereocenters. The zero-order valence-electron chi connectivity index (χ0n) is 28.6. The van der Waals surface area contributed by atoms with Gasteiger partial charge in [0.15, 0.2) is 11.6 Å². The summed E-state index contributed by atoms with van der Waals surface area (Å²) in [7, 11) is 1.28. The van der Waals surface area contributed by atoms with Crippen LogP contribution in [0.4, 0.5) is 8.78 Å². The third-order valence-corrected chi connectivity index (χ3v) is 10.0. The smallest absolute Gasteiger partial charge is 0.225 e. The van der Waals surface area contributed by atoms with Gasteiger partial charge in [-0.2, -0.15) is 4.39 Å². The quantitative estimate of drug-likeness (QED) is 0.125. The molecule has 0 aliphatic carbocycles. The average Bonchev–Trinajstić information content (AvgIpc) is 3.54. The second-order valence-corrected chi connectivity index (χ2v) is 13.4. The molecular formula is C42H39ClF2O7. The topological polar surface area (TPSA) is 75.6 Å². The van der Waals surface area contributed by atoms with Crippen LogP contribution in [0.2, 0.25) is 5.02 Å². The summed E-state index contributed by atoms with van der Waals surface area (Å²) in [6.07, 6.45) is -2.62. The van der Waals surface area contributed by atoms with Crippen LogP contribution in [0, 0.1) is 11.6 Å². The van der Waals surface area contributed by atoms with Gasteiger partial charge < -0.3 is 33.5 Å². The third kappa shape index (κ3) is 7.23. The predicted octanol–water partition coefficient (Wildman–Crippen LogP) is 7.92. The second-order valence-electron chi connectivity index (χ2n) is 13.0. The number of methoxy groups -OCH3 is 1. The lowest BCUT2D eigenvalue weighted by Gasteiger charge is -2.50. The molecule has 0 amide bonds. The number of halogens is 3. The largest absolute Gasteiger partial charge is 0.494 e. The Balaban J connectivity index is 1.31. The second kappa shape index (κ2) is 15.8. The monoisotopic (exact) mass is 728 g/mol. The van der Waals surface area contributed by atoms with Gasteiger partial charge in [-0.05, 0) is 46.0 Å². The third-order valence-electron chi connectivity index (χ3n) is 9.65. The van der Waals surface area contributed by atoms with Crippen LogP contribution in [-0.4, -0.2) is 49.3 Å². The van der Waals surface area contributed by atoms with E-state index in [4.69, 9.17) is 40.0 Å². The lowest BCUT2D eigenvalue weighted by Crippen LogP contribution is -2.67. The number of rotatable bonds is 14. The van der Waals surface area contributed by atoms with Crippen molar-refractivity contribution in [3.63, 3.8) is 0 Å². The van der Waals surface area contributed by atoms with Crippen molar-refractivity contribution in [1.82, 2.24) is 0 Å². The number of aliphatic hydroxyl groups excluding tert-OH is 1. The molecule has 1 N–H and O–H groups in total.